The molecule has 1 atom stereocenters. The molecule has 0 heterocycles. The minimum atomic E-state index is -3.65. The summed E-state index contributed by atoms with van der Waals surface area (Å²) in [6.07, 6.45) is 1.00. The summed E-state index contributed by atoms with van der Waals surface area (Å²) in [5.74, 6) is 0.178. The highest BCUT2D eigenvalue weighted by Gasteiger charge is 2.15. The quantitative estimate of drug-likeness (QED) is 0.842. The molecular formula is C18H22N2O3S. The summed E-state index contributed by atoms with van der Waals surface area (Å²) < 4.78 is 27.4. The van der Waals surface area contributed by atoms with Crippen LogP contribution in [-0.2, 0) is 10.0 Å². The molecule has 0 aliphatic rings. The number of amides is 1. The van der Waals surface area contributed by atoms with Gasteiger partial charge < -0.3 is 5.32 Å². The molecule has 0 radical (unpaired) electrons. The Morgan fingerprint density at radius 3 is 2.12 bits per heavy atom. The summed E-state index contributed by atoms with van der Waals surface area (Å²) in [5, 5.41) is 2.52. The van der Waals surface area contributed by atoms with Gasteiger partial charge in [-0.05, 0) is 54.3 Å². The minimum absolute atomic E-state index is 0.213. The van der Waals surface area contributed by atoms with Crippen LogP contribution in [0, 0.1) is 0 Å². The summed E-state index contributed by atoms with van der Waals surface area (Å²) in [6, 6.07) is 13.2. The van der Waals surface area contributed by atoms with Crippen molar-refractivity contribution in [2.24, 2.45) is 0 Å². The first-order chi connectivity index (χ1) is 11.4. The van der Waals surface area contributed by atoms with Crippen molar-refractivity contribution in [3.05, 3.63) is 59.7 Å². The number of rotatable bonds is 6. The first-order valence-electron chi connectivity index (χ1n) is 7.82. The van der Waals surface area contributed by atoms with Crippen LogP contribution in [-0.4, -0.2) is 21.4 Å². The monoisotopic (exact) mass is 346 g/mol. The number of nitrogens with one attached hydrogen (secondary N) is 2. The van der Waals surface area contributed by atoms with Crippen molar-refractivity contribution in [1.82, 2.24) is 5.32 Å². The van der Waals surface area contributed by atoms with E-state index in [9.17, 15) is 13.2 Å². The molecule has 6 heteroatoms. The molecule has 0 bridgehead atoms. The van der Waals surface area contributed by atoms with Crippen LogP contribution in [0.2, 0.25) is 0 Å². The SMILES string of the molecule is CC[C@H](C)c1ccc(S(=O)(=O)Nc2ccc(C(=O)NC)cc2)cc1. The summed E-state index contributed by atoms with van der Waals surface area (Å²) in [7, 11) is -2.11. The molecule has 0 saturated heterocycles. The van der Waals surface area contributed by atoms with Crippen molar-refractivity contribution in [3.8, 4) is 0 Å². The number of hydrogen-bond acceptors (Lipinski definition) is 3. The van der Waals surface area contributed by atoms with Gasteiger partial charge in [-0.15, -0.1) is 0 Å². The van der Waals surface area contributed by atoms with Crippen LogP contribution in [0.1, 0.15) is 42.1 Å². The lowest BCUT2D eigenvalue weighted by molar-refractivity contribution is 0.0963. The minimum Gasteiger partial charge on any atom is -0.355 e. The largest absolute Gasteiger partial charge is 0.355 e. The zero-order chi connectivity index (χ0) is 17.7. The van der Waals surface area contributed by atoms with Gasteiger partial charge in [0.2, 0.25) is 0 Å². The Hall–Kier alpha value is -2.34. The Bertz CT molecular complexity index is 797. The van der Waals surface area contributed by atoms with E-state index in [4.69, 9.17) is 0 Å². The molecule has 0 aliphatic carbocycles. The van der Waals surface area contributed by atoms with E-state index in [-0.39, 0.29) is 10.8 Å². The van der Waals surface area contributed by atoms with Crippen LogP contribution in [0.15, 0.2) is 53.4 Å². The molecule has 2 rings (SSSR count). The van der Waals surface area contributed by atoms with Crippen LogP contribution in [0.3, 0.4) is 0 Å². The van der Waals surface area contributed by atoms with Gasteiger partial charge in [0.25, 0.3) is 15.9 Å². The van der Waals surface area contributed by atoms with E-state index in [1.807, 2.05) is 12.1 Å². The predicted molar refractivity (Wildman–Crippen MR) is 95.8 cm³/mol. The second-order valence-electron chi connectivity index (χ2n) is 5.64. The fraction of sp³-hybridized carbons (Fsp3) is 0.278. The molecule has 0 saturated carbocycles. The second kappa shape index (κ2) is 7.49. The zero-order valence-corrected chi connectivity index (χ0v) is 14.9. The highest BCUT2D eigenvalue weighted by molar-refractivity contribution is 7.92. The molecule has 0 aromatic heterocycles. The van der Waals surface area contributed by atoms with Gasteiger partial charge in [-0.2, -0.15) is 0 Å². The van der Waals surface area contributed by atoms with E-state index >= 15 is 0 Å². The molecule has 24 heavy (non-hydrogen) atoms. The van der Waals surface area contributed by atoms with Crippen LogP contribution >= 0.6 is 0 Å². The van der Waals surface area contributed by atoms with Gasteiger partial charge >= 0.3 is 0 Å². The summed E-state index contributed by atoms with van der Waals surface area (Å²) >= 11 is 0. The van der Waals surface area contributed by atoms with E-state index in [1.165, 1.54) is 0 Å². The molecule has 0 spiro atoms. The highest BCUT2D eigenvalue weighted by atomic mass is 32.2. The first-order valence-corrected chi connectivity index (χ1v) is 9.30. The summed E-state index contributed by atoms with van der Waals surface area (Å²) in [6.45, 7) is 4.20. The summed E-state index contributed by atoms with van der Waals surface area (Å²) in [4.78, 5) is 11.7. The van der Waals surface area contributed by atoms with Crippen molar-refractivity contribution in [1.29, 1.82) is 0 Å². The van der Waals surface area contributed by atoms with Crippen LogP contribution < -0.4 is 10.0 Å². The predicted octanol–water partition coefficient (Wildman–Crippen LogP) is 3.36. The molecule has 2 aromatic rings. The molecule has 1 amide bonds. The lowest BCUT2D eigenvalue weighted by Gasteiger charge is -2.11. The lowest BCUT2D eigenvalue weighted by Crippen LogP contribution is -2.18. The van der Waals surface area contributed by atoms with E-state index in [0.717, 1.165) is 12.0 Å². The maximum absolute atomic E-state index is 12.4. The van der Waals surface area contributed by atoms with Crippen LogP contribution in [0.5, 0.6) is 0 Å². The number of sulfonamides is 1. The van der Waals surface area contributed by atoms with Gasteiger partial charge in [-0.1, -0.05) is 26.0 Å². The fourth-order valence-corrected chi connectivity index (χ4v) is 3.32. The second-order valence-corrected chi connectivity index (χ2v) is 7.32. The zero-order valence-electron chi connectivity index (χ0n) is 14.0. The lowest BCUT2D eigenvalue weighted by atomic mass is 9.99. The molecule has 5 nitrogen and oxygen atoms in total. The third-order valence-electron chi connectivity index (χ3n) is 4.00. The van der Waals surface area contributed by atoms with Gasteiger partial charge in [0.1, 0.15) is 0 Å². The maximum Gasteiger partial charge on any atom is 0.261 e. The molecule has 2 N–H and O–H groups in total. The Balaban J connectivity index is 2.17. The fourth-order valence-electron chi connectivity index (χ4n) is 2.26. The number of carbonyl (C=O) groups is 1. The van der Waals surface area contributed by atoms with Gasteiger partial charge in [-0.25, -0.2) is 8.42 Å². The molecule has 0 fully saturated rings. The molecule has 128 valence electrons. The van der Waals surface area contributed by atoms with Crippen LogP contribution in [0.4, 0.5) is 5.69 Å². The number of benzene rings is 2. The third kappa shape index (κ3) is 4.14. The molecule has 0 unspecified atom stereocenters. The highest BCUT2D eigenvalue weighted by Crippen LogP contribution is 2.22. The number of carbonyl (C=O) groups excluding carboxylic acids is 1. The van der Waals surface area contributed by atoms with Crippen LogP contribution in [0.25, 0.3) is 0 Å². The average molecular weight is 346 g/mol. The average Bonchev–Trinajstić information content (AvgIpc) is 2.60. The maximum atomic E-state index is 12.4. The molecule has 2 aromatic carbocycles. The Morgan fingerprint density at radius 2 is 1.62 bits per heavy atom. The normalized spacial score (nSPS) is 12.5. The molecule has 0 aliphatic heterocycles. The van der Waals surface area contributed by atoms with Crippen molar-refractivity contribution in [2.75, 3.05) is 11.8 Å². The first kappa shape index (κ1) is 18.0. The van der Waals surface area contributed by atoms with E-state index in [0.29, 0.717) is 17.2 Å². The van der Waals surface area contributed by atoms with Gasteiger partial charge in [0.15, 0.2) is 0 Å². The van der Waals surface area contributed by atoms with Gasteiger partial charge in [0, 0.05) is 18.3 Å². The van der Waals surface area contributed by atoms with Crippen molar-refractivity contribution in [2.45, 2.75) is 31.1 Å². The summed E-state index contributed by atoms with van der Waals surface area (Å²) in [5.41, 5.74) is 2.00. The number of hydrogen-bond donors (Lipinski definition) is 2. The van der Waals surface area contributed by atoms with Gasteiger partial charge in [0.05, 0.1) is 4.90 Å². The topological polar surface area (TPSA) is 75.3 Å². The third-order valence-corrected chi connectivity index (χ3v) is 5.40. The Morgan fingerprint density at radius 1 is 1.04 bits per heavy atom. The van der Waals surface area contributed by atoms with E-state index < -0.39 is 10.0 Å². The van der Waals surface area contributed by atoms with Gasteiger partial charge in [-0.3, -0.25) is 9.52 Å². The van der Waals surface area contributed by atoms with Crippen molar-refractivity contribution < 1.29 is 13.2 Å². The molecular weight excluding hydrogens is 324 g/mol. The number of anilines is 1. The van der Waals surface area contributed by atoms with Crippen molar-refractivity contribution in [3.63, 3.8) is 0 Å². The Kier molecular flexibility index (Phi) is 5.62. The van der Waals surface area contributed by atoms with Crippen molar-refractivity contribution >= 4 is 21.6 Å². The van der Waals surface area contributed by atoms with E-state index in [2.05, 4.69) is 23.9 Å². The standard InChI is InChI=1S/C18H22N2O3S/c1-4-13(2)14-7-11-17(12-8-14)24(22,23)20-16-9-5-15(6-10-16)18(21)19-3/h5-13,20H,4H2,1-3H3,(H,19,21)/t13-/m0/s1. The Labute approximate surface area is 143 Å². The smallest absolute Gasteiger partial charge is 0.261 e. The van der Waals surface area contributed by atoms with E-state index in [1.54, 1.807) is 43.4 Å².